The number of nitrogens with zero attached hydrogens (tertiary/aromatic N) is 1. The lowest BCUT2D eigenvalue weighted by atomic mass is 10.3. The average Bonchev–Trinajstić information content (AvgIpc) is 2.38. The zero-order valence-electron chi connectivity index (χ0n) is 10.2. The Morgan fingerprint density at radius 3 is 2.89 bits per heavy atom. The largest absolute Gasteiger partial charge is 0.508 e. The van der Waals surface area contributed by atoms with Crippen molar-refractivity contribution in [1.29, 1.82) is 0 Å². The first kappa shape index (κ1) is 12.2. The van der Waals surface area contributed by atoms with Crippen molar-refractivity contribution in [3.05, 3.63) is 42.6 Å². The van der Waals surface area contributed by atoms with Crippen LogP contribution in [0.5, 0.6) is 23.1 Å². The molecule has 0 fully saturated rings. The second kappa shape index (κ2) is 5.91. The molecule has 0 saturated carbocycles. The highest BCUT2D eigenvalue weighted by Crippen LogP contribution is 2.30. The Bertz CT molecular complexity index is 514. The third-order valence-electron chi connectivity index (χ3n) is 2.23. The number of hydrogen-bond acceptors (Lipinski definition) is 4. The van der Waals surface area contributed by atoms with Crippen LogP contribution in [0.2, 0.25) is 0 Å². The molecule has 0 radical (unpaired) electrons. The van der Waals surface area contributed by atoms with Gasteiger partial charge in [-0.2, -0.15) is 0 Å². The average molecular weight is 245 g/mol. The SMILES string of the molecule is CCCOc1cccnc1Oc1cccc(O)c1. The first-order valence-electron chi connectivity index (χ1n) is 5.84. The Balaban J connectivity index is 2.17. The number of phenolic OH excluding ortho intramolecular Hbond substituents is 1. The summed E-state index contributed by atoms with van der Waals surface area (Å²) in [4.78, 5) is 4.13. The Labute approximate surface area is 106 Å². The van der Waals surface area contributed by atoms with Crippen LogP contribution in [0.15, 0.2) is 42.6 Å². The lowest BCUT2D eigenvalue weighted by Crippen LogP contribution is -1.98. The Kier molecular flexibility index (Phi) is 4.02. The molecule has 0 aliphatic rings. The number of phenols is 1. The molecule has 0 bridgehead atoms. The molecule has 0 aliphatic heterocycles. The van der Waals surface area contributed by atoms with Gasteiger partial charge in [0.1, 0.15) is 11.5 Å². The fourth-order valence-electron chi connectivity index (χ4n) is 1.43. The highest BCUT2D eigenvalue weighted by Gasteiger charge is 2.07. The lowest BCUT2D eigenvalue weighted by Gasteiger charge is -2.10. The molecule has 1 aromatic heterocycles. The zero-order chi connectivity index (χ0) is 12.8. The summed E-state index contributed by atoms with van der Waals surface area (Å²) in [5, 5.41) is 9.37. The number of pyridine rings is 1. The van der Waals surface area contributed by atoms with Crippen molar-refractivity contribution >= 4 is 0 Å². The molecule has 0 amide bonds. The molecule has 4 heteroatoms. The summed E-state index contributed by atoms with van der Waals surface area (Å²) in [5.41, 5.74) is 0. The normalized spacial score (nSPS) is 10.1. The molecule has 4 nitrogen and oxygen atoms in total. The number of hydrogen-bond donors (Lipinski definition) is 1. The minimum atomic E-state index is 0.152. The summed E-state index contributed by atoms with van der Waals surface area (Å²) in [5.74, 6) is 1.67. The third kappa shape index (κ3) is 3.13. The van der Waals surface area contributed by atoms with Gasteiger partial charge < -0.3 is 14.6 Å². The predicted octanol–water partition coefficient (Wildman–Crippen LogP) is 3.37. The van der Waals surface area contributed by atoms with E-state index in [1.165, 1.54) is 6.07 Å². The highest BCUT2D eigenvalue weighted by molar-refractivity contribution is 5.39. The van der Waals surface area contributed by atoms with E-state index in [2.05, 4.69) is 4.98 Å². The third-order valence-corrected chi connectivity index (χ3v) is 2.23. The maximum atomic E-state index is 9.37. The van der Waals surface area contributed by atoms with Crippen molar-refractivity contribution in [2.45, 2.75) is 13.3 Å². The number of aromatic hydroxyl groups is 1. The van der Waals surface area contributed by atoms with E-state index in [1.54, 1.807) is 36.5 Å². The van der Waals surface area contributed by atoms with E-state index < -0.39 is 0 Å². The van der Waals surface area contributed by atoms with Crippen LogP contribution in [0.1, 0.15) is 13.3 Å². The molecule has 0 spiro atoms. The van der Waals surface area contributed by atoms with Crippen LogP contribution in [0.3, 0.4) is 0 Å². The summed E-state index contributed by atoms with van der Waals surface area (Å²) in [6.07, 6.45) is 2.55. The van der Waals surface area contributed by atoms with Crippen LogP contribution in [-0.4, -0.2) is 16.7 Å². The molecular weight excluding hydrogens is 230 g/mol. The van der Waals surface area contributed by atoms with Crippen LogP contribution in [-0.2, 0) is 0 Å². The van der Waals surface area contributed by atoms with Gasteiger partial charge in [0.15, 0.2) is 5.75 Å². The van der Waals surface area contributed by atoms with E-state index in [1.807, 2.05) is 6.92 Å². The minimum absolute atomic E-state index is 0.152. The summed E-state index contributed by atoms with van der Waals surface area (Å²) < 4.78 is 11.1. The fraction of sp³-hybridized carbons (Fsp3) is 0.214. The van der Waals surface area contributed by atoms with Gasteiger partial charge in [0.25, 0.3) is 5.88 Å². The summed E-state index contributed by atoms with van der Waals surface area (Å²) >= 11 is 0. The monoisotopic (exact) mass is 245 g/mol. The van der Waals surface area contributed by atoms with E-state index in [4.69, 9.17) is 9.47 Å². The predicted molar refractivity (Wildman–Crippen MR) is 68.2 cm³/mol. The molecule has 18 heavy (non-hydrogen) atoms. The number of aromatic nitrogens is 1. The molecule has 0 unspecified atom stereocenters. The number of benzene rings is 1. The Hall–Kier alpha value is -2.23. The van der Waals surface area contributed by atoms with Crippen molar-refractivity contribution in [2.24, 2.45) is 0 Å². The summed E-state index contributed by atoms with van der Waals surface area (Å²) in [7, 11) is 0. The van der Waals surface area contributed by atoms with Gasteiger partial charge in [0, 0.05) is 12.3 Å². The van der Waals surface area contributed by atoms with E-state index in [0.29, 0.717) is 24.0 Å². The van der Waals surface area contributed by atoms with Crippen molar-refractivity contribution in [3.63, 3.8) is 0 Å². The molecule has 1 heterocycles. The van der Waals surface area contributed by atoms with Crippen LogP contribution in [0.4, 0.5) is 0 Å². The second-order valence-corrected chi connectivity index (χ2v) is 3.75. The van der Waals surface area contributed by atoms with Crippen LogP contribution < -0.4 is 9.47 Å². The zero-order valence-corrected chi connectivity index (χ0v) is 10.2. The van der Waals surface area contributed by atoms with Crippen molar-refractivity contribution in [2.75, 3.05) is 6.61 Å². The highest BCUT2D eigenvalue weighted by atomic mass is 16.5. The van der Waals surface area contributed by atoms with Gasteiger partial charge in [-0.25, -0.2) is 4.98 Å². The molecule has 2 rings (SSSR count). The Morgan fingerprint density at radius 2 is 2.11 bits per heavy atom. The molecule has 0 saturated heterocycles. The first-order valence-corrected chi connectivity index (χ1v) is 5.84. The fourth-order valence-corrected chi connectivity index (χ4v) is 1.43. The van der Waals surface area contributed by atoms with Crippen LogP contribution in [0.25, 0.3) is 0 Å². The van der Waals surface area contributed by atoms with E-state index in [9.17, 15) is 5.11 Å². The summed E-state index contributed by atoms with van der Waals surface area (Å²) in [6, 6.07) is 10.2. The standard InChI is InChI=1S/C14H15NO3/c1-2-9-17-13-7-4-8-15-14(13)18-12-6-3-5-11(16)10-12/h3-8,10,16H,2,9H2,1H3. The molecule has 2 aromatic rings. The van der Waals surface area contributed by atoms with Crippen molar-refractivity contribution in [1.82, 2.24) is 4.98 Å². The van der Waals surface area contributed by atoms with Gasteiger partial charge >= 0.3 is 0 Å². The molecule has 0 atom stereocenters. The maximum Gasteiger partial charge on any atom is 0.262 e. The van der Waals surface area contributed by atoms with Crippen LogP contribution in [0, 0.1) is 0 Å². The van der Waals surface area contributed by atoms with Gasteiger partial charge in [-0.15, -0.1) is 0 Å². The van der Waals surface area contributed by atoms with Crippen molar-refractivity contribution in [3.8, 4) is 23.1 Å². The summed E-state index contributed by atoms with van der Waals surface area (Å²) in [6.45, 7) is 2.65. The topological polar surface area (TPSA) is 51.6 Å². The van der Waals surface area contributed by atoms with Gasteiger partial charge in [-0.3, -0.25) is 0 Å². The van der Waals surface area contributed by atoms with Crippen LogP contribution >= 0.6 is 0 Å². The smallest absolute Gasteiger partial charge is 0.262 e. The second-order valence-electron chi connectivity index (χ2n) is 3.75. The molecule has 0 aliphatic carbocycles. The molecular formula is C14H15NO3. The first-order chi connectivity index (χ1) is 8.79. The van der Waals surface area contributed by atoms with Gasteiger partial charge in [-0.1, -0.05) is 13.0 Å². The van der Waals surface area contributed by atoms with Gasteiger partial charge in [0.2, 0.25) is 0 Å². The minimum Gasteiger partial charge on any atom is -0.508 e. The van der Waals surface area contributed by atoms with Gasteiger partial charge in [0.05, 0.1) is 6.61 Å². The molecule has 1 N–H and O–H groups in total. The molecule has 94 valence electrons. The maximum absolute atomic E-state index is 9.37. The van der Waals surface area contributed by atoms with Gasteiger partial charge in [-0.05, 0) is 30.7 Å². The van der Waals surface area contributed by atoms with Crippen molar-refractivity contribution < 1.29 is 14.6 Å². The lowest BCUT2D eigenvalue weighted by molar-refractivity contribution is 0.298. The van der Waals surface area contributed by atoms with E-state index in [0.717, 1.165) is 6.42 Å². The quantitative estimate of drug-likeness (QED) is 0.877. The number of ether oxygens (including phenoxy) is 2. The molecule has 1 aromatic carbocycles. The Morgan fingerprint density at radius 1 is 1.22 bits per heavy atom. The number of rotatable bonds is 5. The van der Waals surface area contributed by atoms with E-state index >= 15 is 0 Å². The van der Waals surface area contributed by atoms with E-state index in [-0.39, 0.29) is 5.75 Å².